The fourth-order valence-electron chi connectivity index (χ4n) is 1.17. The van der Waals surface area contributed by atoms with E-state index in [0.29, 0.717) is 5.37 Å². The first-order valence-electron chi connectivity index (χ1n) is 3.62. The summed E-state index contributed by atoms with van der Waals surface area (Å²) >= 11 is 1.88. The van der Waals surface area contributed by atoms with Gasteiger partial charge in [-0.25, -0.2) is 0 Å². The van der Waals surface area contributed by atoms with Crippen LogP contribution < -0.4 is 0 Å². The lowest BCUT2D eigenvalue weighted by Crippen LogP contribution is -2.39. The Hall–Kier alpha value is -0.110. The lowest BCUT2D eigenvalue weighted by molar-refractivity contribution is 0.204. The number of rotatable bonds is 0. The molecule has 0 fully saturated rings. The predicted octanol–water partition coefficient (Wildman–Crippen LogP) is 2.65. The summed E-state index contributed by atoms with van der Waals surface area (Å²) in [4.78, 5) is 2.37. The van der Waals surface area contributed by atoms with Crippen molar-refractivity contribution >= 4 is 11.8 Å². The Kier molecular flexibility index (Phi) is 1.99. The molecule has 0 aromatic rings. The van der Waals surface area contributed by atoms with Gasteiger partial charge in [-0.1, -0.05) is 0 Å². The van der Waals surface area contributed by atoms with E-state index in [1.54, 1.807) is 0 Å². The minimum atomic E-state index is 0.277. The Morgan fingerprint density at radius 3 is 2.20 bits per heavy atom. The molecule has 0 amide bonds. The second-order valence-corrected chi connectivity index (χ2v) is 4.83. The van der Waals surface area contributed by atoms with Gasteiger partial charge in [-0.15, -0.1) is 11.8 Å². The number of hydrogen-bond acceptors (Lipinski definition) is 2. The van der Waals surface area contributed by atoms with Gasteiger partial charge >= 0.3 is 0 Å². The van der Waals surface area contributed by atoms with Gasteiger partial charge in [-0.3, -0.25) is 0 Å². The third-order valence-electron chi connectivity index (χ3n) is 1.66. The fraction of sp³-hybridized carbons (Fsp3) is 0.750. The van der Waals surface area contributed by atoms with Crippen molar-refractivity contribution in [3.8, 4) is 0 Å². The maximum atomic E-state index is 2.37. The van der Waals surface area contributed by atoms with Crippen LogP contribution in [0.2, 0.25) is 0 Å². The van der Waals surface area contributed by atoms with Crippen LogP contribution >= 0.6 is 11.8 Å². The summed E-state index contributed by atoms with van der Waals surface area (Å²) in [6, 6.07) is 0. The molecular weight excluding hydrogens is 142 g/mol. The lowest BCUT2D eigenvalue weighted by Gasteiger charge is -2.35. The summed E-state index contributed by atoms with van der Waals surface area (Å²) in [7, 11) is 0. The van der Waals surface area contributed by atoms with Gasteiger partial charge in [0.05, 0.1) is 5.37 Å². The summed E-state index contributed by atoms with van der Waals surface area (Å²) in [5.41, 5.74) is 0.277. The first-order valence-corrected chi connectivity index (χ1v) is 4.56. The van der Waals surface area contributed by atoms with Crippen LogP contribution in [-0.4, -0.2) is 15.8 Å². The Morgan fingerprint density at radius 2 is 2.00 bits per heavy atom. The number of thioether (sulfide) groups is 1. The highest BCUT2D eigenvalue weighted by Crippen LogP contribution is 2.30. The molecule has 1 aliphatic heterocycles. The summed E-state index contributed by atoms with van der Waals surface area (Å²) in [6.07, 6.45) is 2.18. The van der Waals surface area contributed by atoms with Crippen molar-refractivity contribution < 1.29 is 0 Å². The topological polar surface area (TPSA) is 3.24 Å². The quantitative estimate of drug-likeness (QED) is 0.532. The average molecular weight is 157 g/mol. The molecule has 10 heavy (non-hydrogen) atoms. The molecule has 0 N–H and O–H groups in total. The van der Waals surface area contributed by atoms with E-state index >= 15 is 0 Å². The average Bonchev–Trinajstić information content (AvgIpc) is 2.11. The van der Waals surface area contributed by atoms with Crippen molar-refractivity contribution in [1.29, 1.82) is 0 Å². The summed E-state index contributed by atoms with van der Waals surface area (Å²) in [6.45, 7) is 8.94. The van der Waals surface area contributed by atoms with Gasteiger partial charge in [0.1, 0.15) is 0 Å². The molecule has 0 saturated heterocycles. The van der Waals surface area contributed by atoms with Gasteiger partial charge in [-0.05, 0) is 33.1 Å². The standard InChI is InChI=1S/C8H15NS/c1-7-9(5-6-10-7)8(2,3)4/h5-7H,1-4H3. The van der Waals surface area contributed by atoms with E-state index in [1.165, 1.54) is 0 Å². The highest BCUT2D eigenvalue weighted by molar-refractivity contribution is 8.02. The lowest BCUT2D eigenvalue weighted by atomic mass is 10.1. The molecule has 0 radical (unpaired) electrons. The Morgan fingerprint density at radius 1 is 1.40 bits per heavy atom. The van der Waals surface area contributed by atoms with Crippen LogP contribution in [0.3, 0.4) is 0 Å². The van der Waals surface area contributed by atoms with Gasteiger partial charge in [0, 0.05) is 11.7 Å². The molecule has 0 saturated carbocycles. The summed E-state index contributed by atoms with van der Waals surface area (Å²) in [5, 5.41) is 2.77. The van der Waals surface area contributed by atoms with E-state index < -0.39 is 0 Å². The maximum Gasteiger partial charge on any atom is 0.0763 e. The monoisotopic (exact) mass is 157 g/mol. The van der Waals surface area contributed by atoms with Gasteiger partial charge < -0.3 is 4.90 Å². The SMILES string of the molecule is CC1SC=CN1C(C)(C)C. The van der Waals surface area contributed by atoms with Crippen LogP contribution in [0, 0.1) is 0 Å². The molecule has 2 heteroatoms. The zero-order chi connectivity index (χ0) is 7.78. The van der Waals surface area contributed by atoms with Gasteiger partial charge in [0.15, 0.2) is 0 Å². The van der Waals surface area contributed by atoms with Crippen LogP contribution in [-0.2, 0) is 0 Å². The molecular formula is C8H15NS. The smallest absolute Gasteiger partial charge is 0.0763 e. The van der Waals surface area contributed by atoms with E-state index in [-0.39, 0.29) is 5.54 Å². The first kappa shape index (κ1) is 7.99. The van der Waals surface area contributed by atoms with E-state index in [9.17, 15) is 0 Å². The third-order valence-corrected chi connectivity index (χ3v) is 2.56. The van der Waals surface area contributed by atoms with Gasteiger partial charge in [0.2, 0.25) is 0 Å². The largest absolute Gasteiger partial charge is 0.360 e. The predicted molar refractivity (Wildman–Crippen MR) is 47.8 cm³/mol. The molecule has 1 unspecified atom stereocenters. The van der Waals surface area contributed by atoms with Gasteiger partial charge in [-0.2, -0.15) is 0 Å². The van der Waals surface area contributed by atoms with Crippen molar-refractivity contribution in [2.24, 2.45) is 0 Å². The molecule has 1 rings (SSSR count). The molecule has 1 atom stereocenters. The molecule has 58 valence electrons. The molecule has 1 aliphatic rings. The third kappa shape index (κ3) is 1.48. The van der Waals surface area contributed by atoms with Crippen molar-refractivity contribution in [2.75, 3.05) is 0 Å². The number of nitrogens with zero attached hydrogens (tertiary/aromatic N) is 1. The molecule has 1 nitrogen and oxygen atoms in total. The van der Waals surface area contributed by atoms with Crippen molar-refractivity contribution in [2.45, 2.75) is 38.6 Å². The Labute approximate surface area is 67.5 Å². The number of hydrogen-bond donors (Lipinski definition) is 0. The van der Waals surface area contributed by atoms with Crippen molar-refractivity contribution in [3.63, 3.8) is 0 Å². The zero-order valence-corrected chi connectivity index (χ0v) is 7.90. The van der Waals surface area contributed by atoms with Gasteiger partial charge in [0.25, 0.3) is 0 Å². The molecule has 1 heterocycles. The molecule has 0 spiro atoms. The fourth-order valence-corrected chi connectivity index (χ4v) is 2.12. The maximum absolute atomic E-state index is 2.37. The van der Waals surface area contributed by atoms with Crippen LogP contribution in [0.5, 0.6) is 0 Å². The molecule has 0 aromatic heterocycles. The Bertz CT molecular complexity index is 146. The van der Waals surface area contributed by atoms with E-state index in [1.807, 2.05) is 11.8 Å². The van der Waals surface area contributed by atoms with Crippen LogP contribution in [0.1, 0.15) is 27.7 Å². The molecule has 0 aromatic carbocycles. The molecule has 0 aliphatic carbocycles. The van der Waals surface area contributed by atoms with E-state index in [0.717, 1.165) is 0 Å². The van der Waals surface area contributed by atoms with Crippen LogP contribution in [0.25, 0.3) is 0 Å². The minimum Gasteiger partial charge on any atom is -0.360 e. The van der Waals surface area contributed by atoms with Crippen molar-refractivity contribution in [3.05, 3.63) is 11.6 Å². The first-order chi connectivity index (χ1) is 4.52. The second kappa shape index (κ2) is 2.50. The van der Waals surface area contributed by atoms with E-state index in [2.05, 4.69) is 44.2 Å². The summed E-state index contributed by atoms with van der Waals surface area (Å²) in [5.74, 6) is 0. The van der Waals surface area contributed by atoms with Crippen molar-refractivity contribution in [1.82, 2.24) is 4.90 Å². The van der Waals surface area contributed by atoms with Crippen LogP contribution in [0.15, 0.2) is 11.6 Å². The normalized spacial score (nSPS) is 26.0. The highest BCUT2D eigenvalue weighted by atomic mass is 32.2. The highest BCUT2D eigenvalue weighted by Gasteiger charge is 2.25. The van der Waals surface area contributed by atoms with E-state index in [4.69, 9.17) is 0 Å². The summed E-state index contributed by atoms with van der Waals surface area (Å²) < 4.78 is 0. The molecule has 0 bridgehead atoms. The zero-order valence-electron chi connectivity index (χ0n) is 7.09. The minimum absolute atomic E-state index is 0.277. The Balaban J connectivity index is 2.64. The second-order valence-electron chi connectivity index (χ2n) is 3.60. The van der Waals surface area contributed by atoms with Crippen LogP contribution in [0.4, 0.5) is 0 Å².